The molecule has 0 radical (unpaired) electrons. The Morgan fingerprint density at radius 3 is 2.45 bits per heavy atom. The van der Waals surface area contributed by atoms with Crippen LogP contribution in [0.2, 0.25) is 0 Å². The molecule has 3 heterocycles. The number of carbonyl (C=O) groups is 2. The number of carbonyl (C=O) groups excluding carboxylic acids is 2. The van der Waals surface area contributed by atoms with Crippen LogP contribution in [0.25, 0.3) is 0 Å². The number of piperazine rings is 1. The number of hydrogen-bond acceptors (Lipinski definition) is 5. The Morgan fingerprint density at radius 1 is 1.00 bits per heavy atom. The maximum Gasteiger partial charge on any atom is 0.232 e. The maximum absolute atomic E-state index is 13.1. The highest BCUT2D eigenvalue weighted by Crippen LogP contribution is 2.27. The number of nitrogens with zero attached hydrogens (tertiary/aromatic N) is 4. The van der Waals surface area contributed by atoms with Crippen LogP contribution in [0.15, 0.2) is 36.5 Å². The van der Waals surface area contributed by atoms with Crippen molar-refractivity contribution in [3.8, 4) is 0 Å². The fourth-order valence-corrected chi connectivity index (χ4v) is 4.63. The van der Waals surface area contributed by atoms with Crippen molar-refractivity contribution in [3.63, 3.8) is 0 Å². The smallest absolute Gasteiger partial charge is 0.232 e. The molecule has 2 atom stereocenters. The van der Waals surface area contributed by atoms with E-state index in [4.69, 9.17) is 0 Å². The van der Waals surface area contributed by atoms with Gasteiger partial charge in [-0.05, 0) is 43.4 Å². The summed E-state index contributed by atoms with van der Waals surface area (Å²) in [5.41, 5.74) is 1.06. The van der Waals surface area contributed by atoms with Crippen molar-refractivity contribution in [2.75, 3.05) is 57.8 Å². The normalized spacial score (nSPS) is 25.5. The molecule has 0 aliphatic carbocycles. The summed E-state index contributed by atoms with van der Waals surface area (Å²) in [6.45, 7) is 5.94. The largest absolute Gasteiger partial charge is 0.370 e. The van der Waals surface area contributed by atoms with Crippen molar-refractivity contribution < 1.29 is 14.0 Å². The van der Waals surface area contributed by atoms with Crippen LogP contribution in [0.3, 0.4) is 0 Å². The highest BCUT2D eigenvalue weighted by atomic mass is 19.1. The van der Waals surface area contributed by atoms with Crippen LogP contribution in [0.4, 0.5) is 10.1 Å². The molecule has 156 valence electrons. The number of anilines is 1. The van der Waals surface area contributed by atoms with Gasteiger partial charge in [0, 0.05) is 58.4 Å². The highest BCUT2D eigenvalue weighted by molar-refractivity contribution is 5.95. The molecule has 1 amide bonds. The summed E-state index contributed by atoms with van der Waals surface area (Å²) >= 11 is 0. The first-order valence-electron chi connectivity index (χ1n) is 10.5. The van der Waals surface area contributed by atoms with E-state index in [0.29, 0.717) is 19.5 Å². The Morgan fingerprint density at radius 2 is 1.72 bits per heavy atom. The van der Waals surface area contributed by atoms with Crippen molar-refractivity contribution in [2.24, 2.45) is 5.92 Å². The van der Waals surface area contributed by atoms with E-state index >= 15 is 0 Å². The Hall–Kier alpha value is -2.41. The van der Waals surface area contributed by atoms with Gasteiger partial charge in [-0.25, -0.2) is 4.39 Å². The molecule has 3 aliphatic rings. The minimum atomic E-state index is -0.325. The second-order valence-electron chi connectivity index (χ2n) is 8.18. The Bertz CT molecular complexity index is 774. The molecule has 0 bridgehead atoms. The van der Waals surface area contributed by atoms with E-state index in [-0.39, 0.29) is 29.5 Å². The third kappa shape index (κ3) is 4.29. The zero-order valence-electron chi connectivity index (χ0n) is 17.0. The predicted molar refractivity (Wildman–Crippen MR) is 110 cm³/mol. The fraction of sp³-hybridized carbons (Fsp3) is 0.545. The van der Waals surface area contributed by atoms with Crippen LogP contribution < -0.4 is 4.90 Å². The molecular weight excluding hydrogens is 371 g/mol. The van der Waals surface area contributed by atoms with Crippen LogP contribution in [-0.4, -0.2) is 85.3 Å². The number of Topliss-reactive ketones (excluding diaryl/α,β-unsaturated/α-hetero) is 1. The molecule has 0 spiro atoms. The van der Waals surface area contributed by atoms with E-state index in [1.54, 1.807) is 0 Å². The van der Waals surface area contributed by atoms with Gasteiger partial charge in [-0.1, -0.05) is 6.08 Å². The Balaban J connectivity index is 1.23. The summed E-state index contributed by atoms with van der Waals surface area (Å²) in [5, 5.41) is 0. The number of likely N-dealkylation sites (N-methyl/N-ethyl adjacent to an activating group) is 1. The Labute approximate surface area is 171 Å². The van der Waals surface area contributed by atoms with E-state index in [0.717, 1.165) is 44.8 Å². The van der Waals surface area contributed by atoms with Gasteiger partial charge in [0.2, 0.25) is 5.91 Å². The number of halogens is 1. The lowest BCUT2D eigenvalue weighted by Gasteiger charge is -2.36. The number of amides is 1. The number of ketones is 1. The van der Waals surface area contributed by atoms with Gasteiger partial charge in [0.05, 0.1) is 5.92 Å². The second kappa shape index (κ2) is 8.53. The molecular formula is C22H29FN4O2. The van der Waals surface area contributed by atoms with E-state index in [2.05, 4.69) is 9.80 Å². The van der Waals surface area contributed by atoms with Crippen LogP contribution in [0.5, 0.6) is 0 Å². The zero-order valence-corrected chi connectivity index (χ0v) is 17.0. The van der Waals surface area contributed by atoms with Crippen molar-refractivity contribution in [1.82, 2.24) is 14.7 Å². The fourth-order valence-electron chi connectivity index (χ4n) is 4.63. The van der Waals surface area contributed by atoms with Crippen molar-refractivity contribution in [1.29, 1.82) is 0 Å². The molecule has 1 aromatic rings. The molecule has 6 nitrogen and oxygen atoms in total. The lowest BCUT2D eigenvalue weighted by molar-refractivity contribution is -0.135. The monoisotopic (exact) mass is 400 g/mol. The van der Waals surface area contributed by atoms with E-state index in [9.17, 15) is 14.0 Å². The number of hydrogen-bond donors (Lipinski definition) is 0. The summed E-state index contributed by atoms with van der Waals surface area (Å²) in [6.07, 6.45) is 5.08. The number of rotatable bonds is 5. The van der Waals surface area contributed by atoms with Crippen molar-refractivity contribution >= 4 is 17.4 Å². The van der Waals surface area contributed by atoms with E-state index in [1.165, 1.54) is 12.1 Å². The molecule has 3 aliphatic heterocycles. The van der Waals surface area contributed by atoms with Crippen LogP contribution in [-0.2, 0) is 9.59 Å². The van der Waals surface area contributed by atoms with Gasteiger partial charge < -0.3 is 14.7 Å². The molecule has 2 unspecified atom stereocenters. The second-order valence-corrected chi connectivity index (χ2v) is 8.18. The van der Waals surface area contributed by atoms with Gasteiger partial charge in [-0.2, -0.15) is 0 Å². The zero-order chi connectivity index (χ0) is 20.4. The molecule has 0 aromatic heterocycles. The third-order valence-corrected chi connectivity index (χ3v) is 6.33. The summed E-state index contributed by atoms with van der Waals surface area (Å²) in [4.78, 5) is 33.7. The lowest BCUT2D eigenvalue weighted by Crippen LogP contribution is -2.47. The standard InChI is InChI=1S/C22H29FN4O2/c1-24-11-7-19-21(24)20(28)8-12-27(22(19)29)10-2-9-25-13-15-26(16-14-25)18-5-3-17(23)4-6-18/h3-7,11,19,21H,2,8-10,12-16H2,1H3. The van der Waals surface area contributed by atoms with Crippen LogP contribution >= 0.6 is 0 Å². The summed E-state index contributed by atoms with van der Waals surface area (Å²) in [6, 6.07) is 6.37. The quantitative estimate of drug-likeness (QED) is 0.751. The van der Waals surface area contributed by atoms with Gasteiger partial charge >= 0.3 is 0 Å². The van der Waals surface area contributed by atoms with E-state index in [1.807, 2.05) is 41.3 Å². The SMILES string of the molecule is CN1C=CC2C(=O)N(CCCN3CCN(c4ccc(F)cc4)CC3)CCC(=O)C21. The van der Waals surface area contributed by atoms with Crippen molar-refractivity contribution in [3.05, 3.63) is 42.4 Å². The average molecular weight is 400 g/mol. The minimum Gasteiger partial charge on any atom is -0.370 e. The maximum atomic E-state index is 13.1. The predicted octanol–water partition coefficient (Wildman–Crippen LogP) is 1.58. The third-order valence-electron chi connectivity index (χ3n) is 6.33. The van der Waals surface area contributed by atoms with E-state index < -0.39 is 0 Å². The average Bonchev–Trinajstić information content (AvgIpc) is 3.07. The number of likely N-dealkylation sites (tertiary alicyclic amines) is 1. The molecule has 2 fully saturated rings. The summed E-state index contributed by atoms with van der Waals surface area (Å²) < 4.78 is 13.1. The molecule has 2 saturated heterocycles. The molecule has 1 aromatic carbocycles. The lowest BCUT2D eigenvalue weighted by atomic mass is 9.97. The minimum absolute atomic E-state index is 0.0857. The van der Waals surface area contributed by atoms with Gasteiger partial charge in [0.1, 0.15) is 11.9 Å². The summed E-state index contributed by atoms with van der Waals surface area (Å²) in [7, 11) is 1.87. The van der Waals surface area contributed by atoms with Gasteiger partial charge in [-0.3, -0.25) is 14.5 Å². The van der Waals surface area contributed by atoms with Crippen molar-refractivity contribution in [2.45, 2.75) is 18.9 Å². The molecule has 7 heteroatoms. The number of benzene rings is 1. The van der Waals surface area contributed by atoms with Gasteiger partial charge in [-0.15, -0.1) is 0 Å². The topological polar surface area (TPSA) is 47.1 Å². The first-order chi connectivity index (χ1) is 14.0. The molecule has 29 heavy (non-hydrogen) atoms. The molecule has 0 N–H and O–H groups in total. The van der Waals surface area contributed by atoms with Crippen LogP contribution in [0, 0.1) is 11.7 Å². The Kier molecular flexibility index (Phi) is 5.85. The summed E-state index contributed by atoms with van der Waals surface area (Å²) in [5.74, 6) is -0.282. The van der Waals surface area contributed by atoms with Crippen LogP contribution in [0.1, 0.15) is 12.8 Å². The van der Waals surface area contributed by atoms with Gasteiger partial charge in [0.15, 0.2) is 5.78 Å². The number of fused-ring (bicyclic) bond motifs is 1. The highest BCUT2D eigenvalue weighted by Gasteiger charge is 2.41. The first kappa shape index (κ1) is 19.9. The molecule has 4 rings (SSSR count). The first-order valence-corrected chi connectivity index (χ1v) is 10.5. The van der Waals surface area contributed by atoms with Gasteiger partial charge in [0.25, 0.3) is 0 Å². The molecule has 0 saturated carbocycles.